The minimum atomic E-state index is -3.93. The van der Waals surface area contributed by atoms with Crippen LogP contribution in [0.1, 0.15) is 12.8 Å². The Morgan fingerprint density at radius 3 is 2.55 bits per heavy atom. The number of rotatable bonds is 9. The van der Waals surface area contributed by atoms with Crippen LogP contribution in [0.4, 0.5) is 11.4 Å². The number of carbonyl (C=O) groups is 2. The van der Waals surface area contributed by atoms with E-state index in [9.17, 15) is 18.0 Å². The fourth-order valence-corrected chi connectivity index (χ4v) is 4.72. The fraction of sp³-hybridized carbons (Fsp3) is 0.273. The number of nitrogens with one attached hydrogen (secondary N) is 1. The first kappa shape index (κ1) is 22.5. The van der Waals surface area contributed by atoms with Crippen LogP contribution in [0.5, 0.6) is 5.75 Å². The average molecular weight is 444 g/mol. The molecule has 0 radical (unpaired) electrons. The molecule has 2 amide bonds. The van der Waals surface area contributed by atoms with Gasteiger partial charge < -0.3 is 15.0 Å². The van der Waals surface area contributed by atoms with E-state index in [0.29, 0.717) is 30.1 Å². The molecule has 0 atom stereocenters. The second kappa shape index (κ2) is 9.76. The summed E-state index contributed by atoms with van der Waals surface area (Å²) < 4.78 is 32.2. The van der Waals surface area contributed by atoms with Gasteiger partial charge in [-0.3, -0.25) is 9.59 Å². The van der Waals surface area contributed by atoms with E-state index < -0.39 is 22.5 Å². The van der Waals surface area contributed by atoms with E-state index >= 15 is 0 Å². The Balaban J connectivity index is 1.78. The maximum atomic E-state index is 13.0. The molecule has 1 N–H and O–H groups in total. The Morgan fingerprint density at radius 2 is 1.94 bits per heavy atom. The quantitative estimate of drug-likeness (QED) is 0.601. The zero-order valence-electron chi connectivity index (χ0n) is 17.3. The van der Waals surface area contributed by atoms with Crippen molar-refractivity contribution in [2.24, 2.45) is 0 Å². The first-order valence-corrected chi connectivity index (χ1v) is 11.2. The highest BCUT2D eigenvalue weighted by atomic mass is 32.2. The summed E-state index contributed by atoms with van der Waals surface area (Å²) in [6, 6.07) is 12.9. The monoisotopic (exact) mass is 443 g/mol. The van der Waals surface area contributed by atoms with E-state index in [1.54, 1.807) is 41.3 Å². The van der Waals surface area contributed by atoms with Gasteiger partial charge in [0.25, 0.3) is 0 Å². The van der Waals surface area contributed by atoms with Gasteiger partial charge in [0.15, 0.2) is 0 Å². The lowest BCUT2D eigenvalue weighted by molar-refractivity contribution is -0.117. The SMILES string of the molecule is C=CCN(CC(=O)Nc1ccccc1N1CCCC1=O)S(=O)(=O)c1ccc(OC)cc1. The second-order valence-corrected chi connectivity index (χ2v) is 8.91. The molecule has 9 heteroatoms. The van der Waals surface area contributed by atoms with Crippen LogP contribution in [-0.4, -0.2) is 51.3 Å². The van der Waals surface area contributed by atoms with Crippen LogP contribution in [0.3, 0.4) is 0 Å². The Labute approximate surface area is 182 Å². The number of methoxy groups -OCH3 is 1. The standard InChI is InChI=1S/C22H25N3O5S/c1-3-14-24(31(28,29)18-12-10-17(30-2)11-13-18)16-21(26)23-19-7-4-5-8-20(19)25-15-6-9-22(25)27/h3-5,7-8,10-13H,1,6,9,14-16H2,2H3,(H,23,26). The van der Waals surface area contributed by atoms with Gasteiger partial charge in [-0.2, -0.15) is 4.31 Å². The molecule has 1 heterocycles. The summed E-state index contributed by atoms with van der Waals surface area (Å²) in [5, 5.41) is 2.75. The topological polar surface area (TPSA) is 96.0 Å². The fourth-order valence-electron chi connectivity index (χ4n) is 3.36. The minimum absolute atomic E-state index is 0.00272. The highest BCUT2D eigenvalue weighted by molar-refractivity contribution is 7.89. The molecule has 31 heavy (non-hydrogen) atoms. The summed E-state index contributed by atoms with van der Waals surface area (Å²) in [5.41, 5.74) is 1.06. The van der Waals surface area contributed by atoms with Crippen LogP contribution in [-0.2, 0) is 19.6 Å². The molecule has 0 spiro atoms. The van der Waals surface area contributed by atoms with Gasteiger partial charge in [0.2, 0.25) is 21.8 Å². The smallest absolute Gasteiger partial charge is 0.243 e. The number of benzene rings is 2. The third kappa shape index (κ3) is 5.12. The molecular weight excluding hydrogens is 418 g/mol. The number of para-hydroxylation sites is 2. The summed E-state index contributed by atoms with van der Waals surface area (Å²) in [6.07, 6.45) is 2.65. The molecule has 0 aromatic heterocycles. The molecule has 0 unspecified atom stereocenters. The molecule has 0 saturated carbocycles. The largest absolute Gasteiger partial charge is 0.497 e. The third-order valence-corrected chi connectivity index (χ3v) is 6.72. The molecule has 1 saturated heterocycles. The first-order chi connectivity index (χ1) is 14.9. The number of carbonyl (C=O) groups excluding carboxylic acids is 2. The number of anilines is 2. The minimum Gasteiger partial charge on any atom is -0.497 e. The van der Waals surface area contributed by atoms with E-state index in [0.717, 1.165) is 10.7 Å². The van der Waals surface area contributed by atoms with Crippen molar-refractivity contribution in [1.29, 1.82) is 0 Å². The van der Waals surface area contributed by atoms with Gasteiger partial charge in [0, 0.05) is 19.5 Å². The van der Waals surface area contributed by atoms with Crippen LogP contribution in [0.15, 0.2) is 66.1 Å². The zero-order valence-corrected chi connectivity index (χ0v) is 18.1. The van der Waals surface area contributed by atoms with Crippen molar-refractivity contribution >= 4 is 33.2 Å². The van der Waals surface area contributed by atoms with Gasteiger partial charge in [-0.1, -0.05) is 18.2 Å². The molecule has 0 bridgehead atoms. The lowest BCUT2D eigenvalue weighted by atomic mass is 10.2. The van der Waals surface area contributed by atoms with Crippen LogP contribution in [0, 0.1) is 0 Å². The second-order valence-electron chi connectivity index (χ2n) is 6.98. The number of nitrogens with zero attached hydrogens (tertiary/aromatic N) is 2. The molecule has 2 aromatic carbocycles. The summed E-state index contributed by atoms with van der Waals surface area (Å²) in [5.74, 6) is 0.00938. The zero-order chi connectivity index (χ0) is 22.4. The van der Waals surface area contributed by atoms with Crippen molar-refractivity contribution < 1.29 is 22.7 Å². The molecule has 2 aromatic rings. The molecule has 8 nitrogen and oxygen atoms in total. The summed E-state index contributed by atoms with van der Waals surface area (Å²) in [7, 11) is -2.44. The highest BCUT2D eigenvalue weighted by Gasteiger charge is 2.27. The van der Waals surface area contributed by atoms with Crippen LogP contribution in [0.2, 0.25) is 0 Å². The predicted octanol–water partition coefficient (Wildman–Crippen LogP) is 2.64. The molecule has 1 aliphatic heterocycles. The number of ether oxygens (including phenoxy) is 1. The van der Waals surface area contributed by atoms with E-state index in [1.807, 2.05) is 0 Å². The van der Waals surface area contributed by atoms with E-state index in [4.69, 9.17) is 4.74 Å². The maximum Gasteiger partial charge on any atom is 0.243 e. The van der Waals surface area contributed by atoms with Gasteiger partial charge in [0.1, 0.15) is 5.75 Å². The molecule has 0 aliphatic carbocycles. The van der Waals surface area contributed by atoms with Gasteiger partial charge >= 0.3 is 0 Å². The summed E-state index contributed by atoms with van der Waals surface area (Å²) in [6.45, 7) is 3.75. The Kier molecular flexibility index (Phi) is 7.09. The van der Waals surface area contributed by atoms with Gasteiger partial charge in [-0.15, -0.1) is 6.58 Å². The average Bonchev–Trinajstić information content (AvgIpc) is 3.19. The van der Waals surface area contributed by atoms with E-state index in [2.05, 4.69) is 11.9 Å². The molecule has 1 aliphatic rings. The van der Waals surface area contributed by atoms with Crippen LogP contribution >= 0.6 is 0 Å². The Hall–Kier alpha value is -3.17. The lowest BCUT2D eigenvalue weighted by Gasteiger charge is -2.22. The lowest BCUT2D eigenvalue weighted by Crippen LogP contribution is -2.38. The normalized spacial score (nSPS) is 14.0. The Bertz CT molecular complexity index is 1070. The Morgan fingerprint density at radius 1 is 1.23 bits per heavy atom. The molecule has 164 valence electrons. The molecular formula is C22H25N3O5S. The maximum absolute atomic E-state index is 13.0. The highest BCUT2D eigenvalue weighted by Crippen LogP contribution is 2.29. The van der Waals surface area contributed by atoms with Crippen molar-refractivity contribution in [3.05, 3.63) is 61.2 Å². The van der Waals surface area contributed by atoms with Crippen LogP contribution in [0.25, 0.3) is 0 Å². The summed E-state index contributed by atoms with van der Waals surface area (Å²) in [4.78, 5) is 26.5. The van der Waals surface area contributed by atoms with Crippen LogP contribution < -0.4 is 15.0 Å². The van der Waals surface area contributed by atoms with Crippen molar-refractivity contribution in [3.63, 3.8) is 0 Å². The van der Waals surface area contributed by atoms with Gasteiger partial charge in [-0.25, -0.2) is 8.42 Å². The van der Waals surface area contributed by atoms with Crippen molar-refractivity contribution in [2.45, 2.75) is 17.7 Å². The number of sulfonamides is 1. The number of hydrogen-bond donors (Lipinski definition) is 1. The van der Waals surface area contributed by atoms with Crippen molar-refractivity contribution in [3.8, 4) is 5.75 Å². The van der Waals surface area contributed by atoms with Gasteiger partial charge in [-0.05, 0) is 42.8 Å². The first-order valence-electron chi connectivity index (χ1n) is 9.81. The van der Waals surface area contributed by atoms with E-state index in [1.165, 1.54) is 25.3 Å². The summed E-state index contributed by atoms with van der Waals surface area (Å²) >= 11 is 0. The predicted molar refractivity (Wildman–Crippen MR) is 119 cm³/mol. The van der Waals surface area contributed by atoms with E-state index in [-0.39, 0.29) is 17.3 Å². The molecule has 1 fully saturated rings. The molecule has 3 rings (SSSR count). The van der Waals surface area contributed by atoms with Crippen molar-refractivity contribution in [2.75, 3.05) is 37.0 Å². The third-order valence-electron chi connectivity index (χ3n) is 4.89. The van der Waals surface area contributed by atoms with Gasteiger partial charge in [0.05, 0.1) is 29.9 Å². The van der Waals surface area contributed by atoms with Crippen molar-refractivity contribution in [1.82, 2.24) is 4.31 Å². The number of amides is 2. The number of hydrogen-bond acceptors (Lipinski definition) is 5.